The Bertz CT molecular complexity index is 178. The molecule has 1 saturated heterocycles. The third kappa shape index (κ3) is 4.09. The summed E-state index contributed by atoms with van der Waals surface area (Å²) in [6.07, 6.45) is 3.01. The van der Waals surface area contributed by atoms with E-state index in [1.54, 1.807) is 0 Å². The highest BCUT2D eigenvalue weighted by Crippen LogP contribution is 2.18. The van der Waals surface area contributed by atoms with E-state index < -0.39 is 0 Å². The standard InChI is InChI=1S/C11H22N2O/c1-11(2,3)8-13-6-4-10(5-7-13)12-9-14/h9-10H,4-8H2,1-3H3,(H,12,14). The lowest BCUT2D eigenvalue weighted by Crippen LogP contribution is -2.44. The Balaban J connectivity index is 2.25. The van der Waals surface area contributed by atoms with Crippen LogP contribution in [0.3, 0.4) is 0 Å². The Kier molecular flexibility index (Phi) is 3.93. The Morgan fingerprint density at radius 1 is 1.36 bits per heavy atom. The summed E-state index contributed by atoms with van der Waals surface area (Å²) < 4.78 is 0. The van der Waals surface area contributed by atoms with Gasteiger partial charge in [0.2, 0.25) is 6.41 Å². The van der Waals surface area contributed by atoms with E-state index in [0.717, 1.165) is 38.9 Å². The minimum atomic E-state index is 0.380. The van der Waals surface area contributed by atoms with Crippen molar-refractivity contribution < 1.29 is 4.79 Å². The lowest BCUT2D eigenvalue weighted by Gasteiger charge is -2.35. The molecule has 0 saturated carbocycles. The number of carbonyl (C=O) groups is 1. The van der Waals surface area contributed by atoms with Crippen LogP contribution in [-0.4, -0.2) is 37.0 Å². The quantitative estimate of drug-likeness (QED) is 0.692. The van der Waals surface area contributed by atoms with Crippen LogP contribution in [0.2, 0.25) is 0 Å². The summed E-state index contributed by atoms with van der Waals surface area (Å²) in [5, 5.41) is 2.86. The van der Waals surface area contributed by atoms with Crippen LogP contribution in [0.15, 0.2) is 0 Å². The second-order valence-electron chi connectivity index (χ2n) is 5.40. The Hall–Kier alpha value is -0.570. The van der Waals surface area contributed by atoms with E-state index in [2.05, 4.69) is 31.0 Å². The monoisotopic (exact) mass is 198 g/mol. The van der Waals surface area contributed by atoms with E-state index in [1.807, 2.05) is 0 Å². The zero-order valence-electron chi connectivity index (χ0n) is 9.55. The van der Waals surface area contributed by atoms with Gasteiger partial charge < -0.3 is 10.2 Å². The van der Waals surface area contributed by atoms with Crippen LogP contribution in [-0.2, 0) is 4.79 Å². The molecule has 0 aliphatic carbocycles. The molecule has 0 unspecified atom stereocenters. The van der Waals surface area contributed by atoms with Gasteiger partial charge >= 0.3 is 0 Å². The minimum Gasteiger partial charge on any atom is -0.356 e. The van der Waals surface area contributed by atoms with Crippen molar-refractivity contribution in [2.24, 2.45) is 5.41 Å². The molecule has 3 nitrogen and oxygen atoms in total. The number of nitrogens with one attached hydrogen (secondary N) is 1. The molecule has 1 aliphatic rings. The summed E-state index contributed by atoms with van der Waals surface area (Å²) in [5.41, 5.74) is 0.380. The molecule has 1 aliphatic heterocycles. The third-order valence-electron chi connectivity index (χ3n) is 2.59. The van der Waals surface area contributed by atoms with Crippen LogP contribution < -0.4 is 5.32 Å². The van der Waals surface area contributed by atoms with Gasteiger partial charge in [0.05, 0.1) is 0 Å². The number of likely N-dealkylation sites (tertiary alicyclic amines) is 1. The van der Waals surface area contributed by atoms with Crippen molar-refractivity contribution in [3.63, 3.8) is 0 Å². The highest BCUT2D eigenvalue weighted by atomic mass is 16.1. The second-order valence-corrected chi connectivity index (χ2v) is 5.40. The number of hydrogen-bond donors (Lipinski definition) is 1. The topological polar surface area (TPSA) is 32.3 Å². The molecule has 0 aromatic rings. The zero-order valence-corrected chi connectivity index (χ0v) is 9.55. The molecule has 1 fully saturated rings. The first kappa shape index (κ1) is 11.5. The predicted molar refractivity (Wildman–Crippen MR) is 58.1 cm³/mol. The van der Waals surface area contributed by atoms with Crippen LogP contribution in [0.25, 0.3) is 0 Å². The first-order chi connectivity index (χ1) is 6.51. The minimum absolute atomic E-state index is 0.380. The van der Waals surface area contributed by atoms with Crippen LogP contribution in [0, 0.1) is 5.41 Å². The van der Waals surface area contributed by atoms with Gasteiger partial charge in [-0.15, -0.1) is 0 Å². The molecule has 0 bridgehead atoms. The van der Waals surface area contributed by atoms with E-state index in [9.17, 15) is 4.79 Å². The van der Waals surface area contributed by atoms with Crippen molar-refractivity contribution in [2.45, 2.75) is 39.7 Å². The third-order valence-corrected chi connectivity index (χ3v) is 2.59. The number of hydrogen-bond acceptors (Lipinski definition) is 2. The molecule has 1 N–H and O–H groups in total. The predicted octanol–water partition coefficient (Wildman–Crippen LogP) is 1.24. The van der Waals surface area contributed by atoms with E-state index >= 15 is 0 Å². The van der Waals surface area contributed by atoms with Gasteiger partial charge in [0.1, 0.15) is 0 Å². The van der Waals surface area contributed by atoms with Gasteiger partial charge in [-0.3, -0.25) is 4.79 Å². The molecule has 1 amide bonds. The lowest BCUT2D eigenvalue weighted by molar-refractivity contribution is -0.110. The van der Waals surface area contributed by atoms with Gasteiger partial charge in [-0.2, -0.15) is 0 Å². The average Bonchev–Trinajstić information content (AvgIpc) is 2.06. The molecule has 0 atom stereocenters. The van der Waals surface area contributed by atoms with Crippen molar-refractivity contribution in [3.8, 4) is 0 Å². The molecule has 14 heavy (non-hydrogen) atoms. The first-order valence-electron chi connectivity index (χ1n) is 5.43. The fourth-order valence-corrected chi connectivity index (χ4v) is 2.02. The summed E-state index contributed by atoms with van der Waals surface area (Å²) in [5.74, 6) is 0. The molecule has 0 spiro atoms. The number of rotatable bonds is 3. The molecular formula is C11H22N2O. The maximum Gasteiger partial charge on any atom is 0.207 e. The van der Waals surface area contributed by atoms with Gasteiger partial charge in [0.15, 0.2) is 0 Å². The van der Waals surface area contributed by atoms with Crippen LogP contribution in [0.4, 0.5) is 0 Å². The maximum atomic E-state index is 10.3. The van der Waals surface area contributed by atoms with Crippen molar-refractivity contribution in [2.75, 3.05) is 19.6 Å². The summed E-state index contributed by atoms with van der Waals surface area (Å²) in [4.78, 5) is 12.7. The molecular weight excluding hydrogens is 176 g/mol. The van der Waals surface area contributed by atoms with E-state index in [4.69, 9.17) is 0 Å². The van der Waals surface area contributed by atoms with E-state index in [1.165, 1.54) is 0 Å². The van der Waals surface area contributed by atoms with Gasteiger partial charge in [0, 0.05) is 25.7 Å². The summed E-state index contributed by atoms with van der Waals surface area (Å²) >= 11 is 0. The molecule has 1 heterocycles. The van der Waals surface area contributed by atoms with Gasteiger partial charge in [-0.05, 0) is 18.3 Å². The molecule has 0 aromatic carbocycles. The Morgan fingerprint density at radius 2 is 1.93 bits per heavy atom. The number of piperidine rings is 1. The zero-order chi connectivity index (χ0) is 10.6. The molecule has 0 aromatic heterocycles. The van der Waals surface area contributed by atoms with E-state index in [-0.39, 0.29) is 0 Å². The summed E-state index contributed by atoms with van der Waals surface area (Å²) in [6, 6.07) is 0.406. The number of carbonyl (C=O) groups excluding carboxylic acids is 1. The second kappa shape index (κ2) is 4.78. The molecule has 0 radical (unpaired) electrons. The van der Waals surface area contributed by atoms with Crippen LogP contribution in [0.1, 0.15) is 33.6 Å². The SMILES string of the molecule is CC(C)(C)CN1CCC(NC=O)CC1. The maximum absolute atomic E-state index is 10.3. The van der Waals surface area contributed by atoms with Crippen LogP contribution >= 0.6 is 0 Å². The normalized spacial score (nSPS) is 20.8. The summed E-state index contributed by atoms with van der Waals surface area (Å²) in [7, 11) is 0. The summed E-state index contributed by atoms with van der Waals surface area (Å²) in [6.45, 7) is 10.2. The largest absolute Gasteiger partial charge is 0.356 e. The first-order valence-corrected chi connectivity index (χ1v) is 5.43. The van der Waals surface area contributed by atoms with Crippen molar-refractivity contribution in [1.29, 1.82) is 0 Å². The average molecular weight is 198 g/mol. The molecule has 1 rings (SSSR count). The molecule has 3 heteroatoms. The highest BCUT2D eigenvalue weighted by Gasteiger charge is 2.22. The van der Waals surface area contributed by atoms with Gasteiger partial charge in [0.25, 0.3) is 0 Å². The number of amides is 1. The van der Waals surface area contributed by atoms with Crippen LogP contribution in [0.5, 0.6) is 0 Å². The van der Waals surface area contributed by atoms with E-state index in [0.29, 0.717) is 11.5 Å². The van der Waals surface area contributed by atoms with Crippen molar-refractivity contribution >= 4 is 6.41 Å². The molecule has 82 valence electrons. The fourth-order valence-electron chi connectivity index (χ4n) is 2.02. The van der Waals surface area contributed by atoms with Crippen molar-refractivity contribution in [1.82, 2.24) is 10.2 Å². The smallest absolute Gasteiger partial charge is 0.207 e. The lowest BCUT2D eigenvalue weighted by atomic mass is 9.94. The van der Waals surface area contributed by atoms with Gasteiger partial charge in [-0.25, -0.2) is 0 Å². The van der Waals surface area contributed by atoms with Gasteiger partial charge in [-0.1, -0.05) is 20.8 Å². The highest BCUT2D eigenvalue weighted by molar-refractivity contribution is 5.46. The van der Waals surface area contributed by atoms with Crippen molar-refractivity contribution in [3.05, 3.63) is 0 Å². The Labute approximate surface area is 86.9 Å². The Morgan fingerprint density at radius 3 is 2.36 bits per heavy atom. The fraction of sp³-hybridized carbons (Fsp3) is 0.909. The number of nitrogens with zero attached hydrogens (tertiary/aromatic N) is 1.